The van der Waals surface area contributed by atoms with Crippen molar-refractivity contribution in [2.75, 3.05) is 19.7 Å². The third-order valence-electron chi connectivity index (χ3n) is 3.78. The van der Waals surface area contributed by atoms with Crippen LogP contribution in [0.1, 0.15) is 39.5 Å². The highest BCUT2D eigenvalue weighted by molar-refractivity contribution is 4.86. The first-order chi connectivity index (χ1) is 7.81. The standard InChI is InChI=1S/C13H25NO2/c1-3-14-9-11-5-4-8-15-13(11)12-7-6-10(2)16-12/h10-14H,3-9H2,1-2H3. The second kappa shape index (κ2) is 5.99. The Morgan fingerprint density at radius 2 is 2.12 bits per heavy atom. The molecule has 2 aliphatic rings. The number of ether oxygens (including phenoxy) is 2. The zero-order chi connectivity index (χ0) is 11.4. The molecule has 0 aromatic carbocycles. The van der Waals surface area contributed by atoms with Gasteiger partial charge in [-0.25, -0.2) is 0 Å². The molecule has 16 heavy (non-hydrogen) atoms. The predicted octanol–water partition coefficient (Wildman–Crippen LogP) is 1.96. The average Bonchev–Trinajstić information content (AvgIpc) is 2.73. The van der Waals surface area contributed by atoms with Crippen molar-refractivity contribution in [2.45, 2.75) is 57.8 Å². The van der Waals surface area contributed by atoms with Gasteiger partial charge in [-0.05, 0) is 39.2 Å². The smallest absolute Gasteiger partial charge is 0.0876 e. The summed E-state index contributed by atoms with van der Waals surface area (Å²) in [4.78, 5) is 0. The second-order valence-corrected chi connectivity index (χ2v) is 5.11. The van der Waals surface area contributed by atoms with E-state index in [0.717, 1.165) is 19.7 Å². The van der Waals surface area contributed by atoms with Gasteiger partial charge in [0, 0.05) is 19.1 Å². The Balaban J connectivity index is 1.88. The Morgan fingerprint density at radius 1 is 1.25 bits per heavy atom. The molecule has 3 heteroatoms. The molecule has 2 fully saturated rings. The Hall–Kier alpha value is -0.120. The first-order valence-electron chi connectivity index (χ1n) is 6.79. The molecule has 0 spiro atoms. The molecule has 0 radical (unpaired) electrons. The summed E-state index contributed by atoms with van der Waals surface area (Å²) in [7, 11) is 0. The first kappa shape index (κ1) is 12.3. The van der Waals surface area contributed by atoms with Crippen LogP contribution in [0, 0.1) is 5.92 Å². The van der Waals surface area contributed by atoms with Crippen LogP contribution in [0.15, 0.2) is 0 Å². The van der Waals surface area contributed by atoms with Crippen LogP contribution in [0.5, 0.6) is 0 Å². The first-order valence-corrected chi connectivity index (χ1v) is 6.79. The van der Waals surface area contributed by atoms with Gasteiger partial charge < -0.3 is 14.8 Å². The van der Waals surface area contributed by atoms with Crippen molar-refractivity contribution in [3.63, 3.8) is 0 Å². The maximum absolute atomic E-state index is 5.96. The molecule has 0 aromatic heterocycles. The molecule has 2 saturated heterocycles. The zero-order valence-corrected chi connectivity index (χ0v) is 10.6. The number of nitrogens with one attached hydrogen (secondary N) is 1. The maximum atomic E-state index is 5.96. The molecule has 0 saturated carbocycles. The van der Waals surface area contributed by atoms with Crippen LogP contribution in [0.4, 0.5) is 0 Å². The number of rotatable bonds is 4. The van der Waals surface area contributed by atoms with Crippen LogP contribution in [0.25, 0.3) is 0 Å². The molecule has 0 aliphatic carbocycles. The Bertz CT molecular complexity index is 210. The highest BCUT2D eigenvalue weighted by Crippen LogP contribution is 2.31. The molecule has 0 aromatic rings. The van der Waals surface area contributed by atoms with E-state index in [2.05, 4.69) is 19.2 Å². The molecular formula is C13H25NO2. The summed E-state index contributed by atoms with van der Waals surface area (Å²) in [6.45, 7) is 7.37. The Morgan fingerprint density at radius 3 is 2.81 bits per heavy atom. The molecule has 2 heterocycles. The lowest BCUT2D eigenvalue weighted by Gasteiger charge is -2.35. The van der Waals surface area contributed by atoms with E-state index < -0.39 is 0 Å². The summed E-state index contributed by atoms with van der Waals surface area (Å²) in [6.07, 6.45) is 5.96. The van der Waals surface area contributed by atoms with E-state index in [1.54, 1.807) is 0 Å². The van der Waals surface area contributed by atoms with Gasteiger partial charge in [0.1, 0.15) is 0 Å². The van der Waals surface area contributed by atoms with Crippen LogP contribution >= 0.6 is 0 Å². The third-order valence-corrected chi connectivity index (χ3v) is 3.78. The van der Waals surface area contributed by atoms with Gasteiger partial charge in [-0.2, -0.15) is 0 Å². The van der Waals surface area contributed by atoms with Crippen LogP contribution in [-0.4, -0.2) is 38.0 Å². The normalized spacial score (nSPS) is 40.1. The molecule has 4 unspecified atom stereocenters. The molecule has 2 aliphatic heterocycles. The molecular weight excluding hydrogens is 202 g/mol. The van der Waals surface area contributed by atoms with E-state index >= 15 is 0 Å². The second-order valence-electron chi connectivity index (χ2n) is 5.11. The van der Waals surface area contributed by atoms with E-state index in [4.69, 9.17) is 9.47 Å². The molecule has 0 amide bonds. The van der Waals surface area contributed by atoms with Gasteiger partial charge in [0.05, 0.1) is 18.3 Å². The fourth-order valence-electron chi connectivity index (χ4n) is 2.90. The van der Waals surface area contributed by atoms with E-state index in [9.17, 15) is 0 Å². The summed E-state index contributed by atoms with van der Waals surface area (Å²) in [5.74, 6) is 0.643. The number of hydrogen-bond donors (Lipinski definition) is 1. The summed E-state index contributed by atoms with van der Waals surface area (Å²) in [6, 6.07) is 0. The molecule has 94 valence electrons. The van der Waals surface area contributed by atoms with Gasteiger partial charge in [-0.1, -0.05) is 6.92 Å². The van der Waals surface area contributed by atoms with Crippen LogP contribution < -0.4 is 5.32 Å². The van der Waals surface area contributed by atoms with E-state index in [0.29, 0.717) is 24.2 Å². The lowest BCUT2D eigenvalue weighted by atomic mass is 9.89. The van der Waals surface area contributed by atoms with Crippen molar-refractivity contribution in [3.8, 4) is 0 Å². The fraction of sp³-hybridized carbons (Fsp3) is 1.00. The molecule has 4 atom stereocenters. The lowest BCUT2D eigenvalue weighted by Crippen LogP contribution is -2.43. The Labute approximate surface area is 98.9 Å². The zero-order valence-electron chi connectivity index (χ0n) is 10.6. The van der Waals surface area contributed by atoms with Crippen LogP contribution in [0.3, 0.4) is 0 Å². The lowest BCUT2D eigenvalue weighted by molar-refractivity contribution is -0.111. The summed E-state index contributed by atoms with van der Waals surface area (Å²) >= 11 is 0. The van der Waals surface area contributed by atoms with Gasteiger partial charge in [0.15, 0.2) is 0 Å². The predicted molar refractivity (Wildman–Crippen MR) is 64.6 cm³/mol. The van der Waals surface area contributed by atoms with E-state index in [-0.39, 0.29) is 0 Å². The fourth-order valence-corrected chi connectivity index (χ4v) is 2.90. The summed E-state index contributed by atoms with van der Waals surface area (Å²) in [5.41, 5.74) is 0. The summed E-state index contributed by atoms with van der Waals surface area (Å²) in [5, 5.41) is 3.45. The van der Waals surface area contributed by atoms with Gasteiger partial charge in [-0.3, -0.25) is 0 Å². The van der Waals surface area contributed by atoms with Crippen molar-refractivity contribution in [1.29, 1.82) is 0 Å². The molecule has 2 rings (SSSR count). The van der Waals surface area contributed by atoms with E-state index in [1.807, 2.05) is 0 Å². The van der Waals surface area contributed by atoms with Crippen molar-refractivity contribution in [2.24, 2.45) is 5.92 Å². The third kappa shape index (κ3) is 2.96. The minimum absolute atomic E-state index is 0.331. The Kier molecular flexibility index (Phi) is 4.62. The number of hydrogen-bond acceptors (Lipinski definition) is 3. The summed E-state index contributed by atoms with van der Waals surface area (Å²) < 4.78 is 11.9. The van der Waals surface area contributed by atoms with Crippen molar-refractivity contribution in [1.82, 2.24) is 5.32 Å². The SMILES string of the molecule is CCNCC1CCCOC1C1CCC(C)O1. The topological polar surface area (TPSA) is 30.5 Å². The highest BCUT2D eigenvalue weighted by Gasteiger charge is 2.36. The highest BCUT2D eigenvalue weighted by atomic mass is 16.5. The van der Waals surface area contributed by atoms with Crippen LogP contribution in [-0.2, 0) is 9.47 Å². The minimum atomic E-state index is 0.331. The van der Waals surface area contributed by atoms with Crippen molar-refractivity contribution in [3.05, 3.63) is 0 Å². The largest absolute Gasteiger partial charge is 0.375 e. The van der Waals surface area contributed by atoms with Gasteiger partial charge >= 0.3 is 0 Å². The van der Waals surface area contributed by atoms with Crippen molar-refractivity contribution < 1.29 is 9.47 Å². The van der Waals surface area contributed by atoms with E-state index in [1.165, 1.54) is 25.7 Å². The van der Waals surface area contributed by atoms with Gasteiger partial charge in [-0.15, -0.1) is 0 Å². The minimum Gasteiger partial charge on any atom is -0.375 e. The molecule has 1 N–H and O–H groups in total. The molecule has 0 bridgehead atoms. The van der Waals surface area contributed by atoms with Crippen molar-refractivity contribution >= 4 is 0 Å². The van der Waals surface area contributed by atoms with Gasteiger partial charge in [0.2, 0.25) is 0 Å². The average molecular weight is 227 g/mol. The van der Waals surface area contributed by atoms with Crippen LogP contribution in [0.2, 0.25) is 0 Å². The molecule has 3 nitrogen and oxygen atoms in total. The maximum Gasteiger partial charge on any atom is 0.0876 e. The monoisotopic (exact) mass is 227 g/mol. The quantitative estimate of drug-likeness (QED) is 0.796. The van der Waals surface area contributed by atoms with Gasteiger partial charge in [0.25, 0.3) is 0 Å².